The molecule has 3 aromatic rings. The number of aromatic nitrogens is 2. The van der Waals surface area contributed by atoms with Gasteiger partial charge in [-0.2, -0.15) is 4.98 Å². The van der Waals surface area contributed by atoms with Crippen LogP contribution in [0.2, 0.25) is 5.02 Å². The second kappa shape index (κ2) is 6.90. The van der Waals surface area contributed by atoms with Crippen LogP contribution in [0.5, 0.6) is 5.75 Å². The van der Waals surface area contributed by atoms with E-state index >= 15 is 0 Å². The number of nitrogens with zero attached hydrogens (tertiary/aromatic N) is 3. The summed E-state index contributed by atoms with van der Waals surface area (Å²) in [6.07, 6.45) is 0. The van der Waals surface area contributed by atoms with E-state index in [1.54, 1.807) is 37.3 Å². The van der Waals surface area contributed by atoms with E-state index in [4.69, 9.17) is 20.9 Å². The molecule has 0 radical (unpaired) electrons. The predicted molar refractivity (Wildman–Crippen MR) is 91.6 cm³/mol. The highest BCUT2D eigenvalue weighted by Gasteiger charge is 2.18. The van der Waals surface area contributed by atoms with E-state index in [0.29, 0.717) is 28.1 Å². The number of ether oxygens (including phenoxy) is 1. The summed E-state index contributed by atoms with van der Waals surface area (Å²) in [5, 5.41) is 15.5. The molecule has 1 aromatic heterocycles. The molecule has 0 N–H and O–H groups in total. The second-order valence-corrected chi connectivity index (χ2v) is 5.86. The van der Waals surface area contributed by atoms with Crippen LogP contribution in [0, 0.1) is 24.0 Å². The molecule has 2 aromatic carbocycles. The maximum atomic E-state index is 11.0. The SMILES string of the molecule is Cc1ccc([N+](=O)[O-])c(C)c1OCc1noc(-c2ccc(Cl)cc2)n1. The van der Waals surface area contributed by atoms with Gasteiger partial charge in [0.1, 0.15) is 5.75 Å². The fraction of sp³-hybridized carbons (Fsp3) is 0.176. The quantitative estimate of drug-likeness (QED) is 0.492. The summed E-state index contributed by atoms with van der Waals surface area (Å²) in [6.45, 7) is 3.51. The van der Waals surface area contributed by atoms with Crippen LogP contribution in [0.15, 0.2) is 40.9 Å². The number of hydrogen-bond donors (Lipinski definition) is 0. The molecule has 0 bridgehead atoms. The zero-order valence-corrected chi connectivity index (χ0v) is 14.3. The van der Waals surface area contributed by atoms with Crippen LogP contribution in [0.4, 0.5) is 5.69 Å². The monoisotopic (exact) mass is 359 g/mol. The van der Waals surface area contributed by atoms with Crippen molar-refractivity contribution >= 4 is 17.3 Å². The van der Waals surface area contributed by atoms with E-state index in [9.17, 15) is 10.1 Å². The van der Waals surface area contributed by atoms with Crippen molar-refractivity contribution in [3.05, 3.63) is 68.5 Å². The second-order valence-electron chi connectivity index (χ2n) is 5.42. The predicted octanol–water partition coefficient (Wildman–Crippen LogP) is 4.49. The van der Waals surface area contributed by atoms with Crippen LogP contribution >= 0.6 is 11.6 Å². The summed E-state index contributed by atoms with van der Waals surface area (Å²) in [7, 11) is 0. The van der Waals surface area contributed by atoms with Gasteiger partial charge in [-0.15, -0.1) is 0 Å². The Hall–Kier alpha value is -2.93. The minimum absolute atomic E-state index is 0.00978. The molecule has 0 unspecified atom stereocenters. The lowest BCUT2D eigenvalue weighted by Crippen LogP contribution is -2.02. The summed E-state index contributed by atoms with van der Waals surface area (Å²) >= 11 is 5.85. The lowest BCUT2D eigenvalue weighted by molar-refractivity contribution is -0.385. The molecule has 0 aliphatic rings. The fourth-order valence-corrected chi connectivity index (χ4v) is 2.52. The van der Waals surface area contributed by atoms with Gasteiger partial charge in [0, 0.05) is 16.7 Å². The van der Waals surface area contributed by atoms with Crippen LogP contribution in [-0.2, 0) is 6.61 Å². The third kappa shape index (κ3) is 3.61. The Morgan fingerprint density at radius 1 is 1.20 bits per heavy atom. The Labute approximate surface area is 148 Å². The number of hydrogen-bond acceptors (Lipinski definition) is 6. The Morgan fingerprint density at radius 2 is 1.92 bits per heavy atom. The zero-order valence-electron chi connectivity index (χ0n) is 13.5. The first-order chi connectivity index (χ1) is 12.0. The first-order valence-electron chi connectivity index (χ1n) is 7.41. The molecular formula is C17H14ClN3O4. The molecule has 25 heavy (non-hydrogen) atoms. The molecule has 0 saturated carbocycles. The third-order valence-electron chi connectivity index (χ3n) is 3.68. The van der Waals surface area contributed by atoms with Crippen LogP contribution in [0.25, 0.3) is 11.5 Å². The molecule has 128 valence electrons. The highest BCUT2D eigenvalue weighted by molar-refractivity contribution is 6.30. The first kappa shape index (κ1) is 16.9. The van der Waals surface area contributed by atoms with Crippen LogP contribution < -0.4 is 4.74 Å². The number of nitro benzene ring substituents is 1. The van der Waals surface area contributed by atoms with Crippen molar-refractivity contribution in [1.82, 2.24) is 10.1 Å². The summed E-state index contributed by atoms with van der Waals surface area (Å²) in [4.78, 5) is 14.9. The summed E-state index contributed by atoms with van der Waals surface area (Å²) in [5.74, 6) is 1.14. The van der Waals surface area contributed by atoms with Crippen molar-refractivity contribution in [2.75, 3.05) is 0 Å². The van der Waals surface area contributed by atoms with Gasteiger partial charge < -0.3 is 9.26 Å². The summed E-state index contributed by atoms with van der Waals surface area (Å²) in [6, 6.07) is 10.1. The Morgan fingerprint density at radius 3 is 2.60 bits per heavy atom. The molecule has 0 atom stereocenters. The molecule has 1 heterocycles. The van der Waals surface area contributed by atoms with E-state index in [1.807, 2.05) is 6.92 Å². The van der Waals surface area contributed by atoms with Crippen molar-refractivity contribution in [2.45, 2.75) is 20.5 Å². The van der Waals surface area contributed by atoms with Gasteiger partial charge >= 0.3 is 0 Å². The van der Waals surface area contributed by atoms with Crippen molar-refractivity contribution < 1.29 is 14.2 Å². The Bertz CT molecular complexity index is 922. The molecule has 0 saturated heterocycles. The highest BCUT2D eigenvalue weighted by atomic mass is 35.5. The van der Waals surface area contributed by atoms with Gasteiger partial charge in [-0.05, 0) is 49.7 Å². The zero-order chi connectivity index (χ0) is 18.0. The third-order valence-corrected chi connectivity index (χ3v) is 3.93. The van der Waals surface area contributed by atoms with E-state index in [2.05, 4.69) is 10.1 Å². The number of rotatable bonds is 5. The van der Waals surface area contributed by atoms with E-state index in [-0.39, 0.29) is 12.3 Å². The van der Waals surface area contributed by atoms with E-state index in [0.717, 1.165) is 11.1 Å². The van der Waals surface area contributed by atoms with Gasteiger partial charge in [0.15, 0.2) is 6.61 Å². The van der Waals surface area contributed by atoms with Crippen molar-refractivity contribution in [3.8, 4) is 17.2 Å². The molecule has 8 heteroatoms. The van der Waals surface area contributed by atoms with Crippen LogP contribution in [0.1, 0.15) is 17.0 Å². The Kier molecular flexibility index (Phi) is 4.67. The van der Waals surface area contributed by atoms with E-state index in [1.165, 1.54) is 6.07 Å². The molecule has 0 spiro atoms. The van der Waals surface area contributed by atoms with Gasteiger partial charge in [-0.1, -0.05) is 16.8 Å². The molecule has 0 aliphatic carbocycles. The van der Waals surface area contributed by atoms with Crippen molar-refractivity contribution in [3.63, 3.8) is 0 Å². The summed E-state index contributed by atoms with van der Waals surface area (Å²) < 4.78 is 10.9. The maximum absolute atomic E-state index is 11.0. The van der Waals surface area contributed by atoms with Crippen molar-refractivity contribution in [1.29, 1.82) is 0 Å². The van der Waals surface area contributed by atoms with Crippen LogP contribution in [-0.4, -0.2) is 15.1 Å². The van der Waals surface area contributed by atoms with Crippen molar-refractivity contribution in [2.24, 2.45) is 0 Å². The number of benzene rings is 2. The smallest absolute Gasteiger partial charge is 0.276 e. The topological polar surface area (TPSA) is 91.3 Å². The molecule has 0 amide bonds. The molecule has 0 fully saturated rings. The van der Waals surface area contributed by atoms with Gasteiger partial charge in [-0.25, -0.2) is 0 Å². The largest absolute Gasteiger partial charge is 0.485 e. The minimum atomic E-state index is -0.436. The lowest BCUT2D eigenvalue weighted by Gasteiger charge is -2.10. The average Bonchev–Trinajstić information content (AvgIpc) is 3.04. The van der Waals surface area contributed by atoms with Gasteiger partial charge in [0.2, 0.25) is 5.82 Å². The fourth-order valence-electron chi connectivity index (χ4n) is 2.40. The van der Waals surface area contributed by atoms with Crippen LogP contribution in [0.3, 0.4) is 0 Å². The molecule has 0 aliphatic heterocycles. The first-order valence-corrected chi connectivity index (χ1v) is 7.79. The maximum Gasteiger partial charge on any atom is 0.276 e. The lowest BCUT2D eigenvalue weighted by atomic mass is 10.1. The molecule has 3 rings (SSSR count). The highest BCUT2D eigenvalue weighted by Crippen LogP contribution is 2.31. The number of nitro groups is 1. The number of aryl methyl sites for hydroxylation is 1. The Balaban J connectivity index is 1.78. The minimum Gasteiger partial charge on any atom is -0.485 e. The number of halogens is 1. The normalized spacial score (nSPS) is 10.7. The van der Waals surface area contributed by atoms with Gasteiger partial charge in [0.05, 0.1) is 10.5 Å². The molecule has 7 nitrogen and oxygen atoms in total. The van der Waals surface area contributed by atoms with Gasteiger partial charge in [0.25, 0.3) is 11.6 Å². The molecular weight excluding hydrogens is 346 g/mol. The summed E-state index contributed by atoms with van der Waals surface area (Å²) in [5.41, 5.74) is 2.01. The standard InChI is InChI=1S/C17H14ClN3O4/c1-10-3-8-14(21(22)23)11(2)16(10)24-9-15-19-17(25-20-15)12-4-6-13(18)7-5-12/h3-8H,9H2,1-2H3. The van der Waals surface area contributed by atoms with E-state index < -0.39 is 4.92 Å². The van der Waals surface area contributed by atoms with Gasteiger partial charge in [-0.3, -0.25) is 10.1 Å². The average molecular weight is 360 g/mol.